The summed E-state index contributed by atoms with van der Waals surface area (Å²) in [6.07, 6.45) is 2.27. The Labute approximate surface area is 118 Å². The molecule has 1 aromatic carbocycles. The van der Waals surface area contributed by atoms with Crippen molar-refractivity contribution in [3.8, 4) is 0 Å². The van der Waals surface area contributed by atoms with E-state index in [4.69, 9.17) is 22.1 Å². The molecule has 1 aliphatic rings. The lowest BCUT2D eigenvalue weighted by Crippen LogP contribution is -2.18. The normalized spacial score (nSPS) is 25.3. The summed E-state index contributed by atoms with van der Waals surface area (Å²) in [5.41, 5.74) is 6.93. The Kier molecular flexibility index (Phi) is 4.96. The standard InChI is InChI=1S/C14H20ClNOS/c1-9(16)7-11-3-4-12(8-13(11)15)18-14-5-6-17-10(14)2/h3-4,8-10,14H,5-7,16H2,1-2H3. The molecule has 18 heavy (non-hydrogen) atoms. The van der Waals surface area contributed by atoms with Gasteiger partial charge in [-0.1, -0.05) is 17.7 Å². The number of ether oxygens (including phenoxy) is 1. The Morgan fingerprint density at radius 1 is 1.56 bits per heavy atom. The van der Waals surface area contributed by atoms with Crippen molar-refractivity contribution in [1.29, 1.82) is 0 Å². The first-order valence-corrected chi connectivity index (χ1v) is 7.64. The molecule has 100 valence electrons. The Bertz CT molecular complexity index is 411. The Hall–Kier alpha value is -0.220. The summed E-state index contributed by atoms with van der Waals surface area (Å²) < 4.78 is 5.57. The smallest absolute Gasteiger partial charge is 0.0669 e. The van der Waals surface area contributed by atoms with Crippen LogP contribution in [0.4, 0.5) is 0 Å². The monoisotopic (exact) mass is 285 g/mol. The van der Waals surface area contributed by atoms with Gasteiger partial charge in [0.05, 0.1) is 6.10 Å². The van der Waals surface area contributed by atoms with Crippen LogP contribution in [0.3, 0.4) is 0 Å². The molecule has 0 radical (unpaired) electrons. The molecule has 1 aromatic rings. The fourth-order valence-electron chi connectivity index (χ4n) is 2.16. The topological polar surface area (TPSA) is 35.2 Å². The quantitative estimate of drug-likeness (QED) is 0.920. The zero-order chi connectivity index (χ0) is 13.1. The molecule has 3 atom stereocenters. The highest BCUT2D eigenvalue weighted by Gasteiger charge is 2.25. The third kappa shape index (κ3) is 3.64. The van der Waals surface area contributed by atoms with Crippen LogP contribution in [-0.2, 0) is 11.2 Å². The van der Waals surface area contributed by atoms with Crippen LogP contribution in [-0.4, -0.2) is 24.0 Å². The third-order valence-corrected chi connectivity index (χ3v) is 4.96. The second-order valence-electron chi connectivity index (χ2n) is 4.96. The minimum atomic E-state index is 0.143. The van der Waals surface area contributed by atoms with E-state index in [1.165, 1.54) is 4.90 Å². The van der Waals surface area contributed by atoms with Crippen molar-refractivity contribution < 1.29 is 4.74 Å². The van der Waals surface area contributed by atoms with Gasteiger partial charge in [0.1, 0.15) is 0 Å². The molecular weight excluding hydrogens is 266 g/mol. The maximum Gasteiger partial charge on any atom is 0.0669 e. The molecule has 0 amide bonds. The summed E-state index contributed by atoms with van der Waals surface area (Å²) in [5, 5.41) is 1.37. The molecule has 1 saturated heterocycles. The van der Waals surface area contributed by atoms with Gasteiger partial charge in [-0.3, -0.25) is 0 Å². The molecule has 0 saturated carbocycles. The van der Waals surface area contributed by atoms with E-state index in [1.54, 1.807) is 0 Å². The van der Waals surface area contributed by atoms with Crippen LogP contribution in [0, 0.1) is 0 Å². The Balaban J connectivity index is 2.04. The molecule has 0 spiro atoms. The van der Waals surface area contributed by atoms with Gasteiger partial charge >= 0.3 is 0 Å². The maximum atomic E-state index is 6.30. The van der Waals surface area contributed by atoms with E-state index in [0.29, 0.717) is 11.4 Å². The molecule has 0 aliphatic carbocycles. The van der Waals surface area contributed by atoms with E-state index in [-0.39, 0.29) is 6.04 Å². The van der Waals surface area contributed by atoms with Crippen molar-refractivity contribution in [2.45, 2.75) is 49.0 Å². The van der Waals surface area contributed by atoms with Crippen molar-refractivity contribution in [3.63, 3.8) is 0 Å². The SMILES string of the molecule is CC(N)Cc1ccc(SC2CCOC2C)cc1Cl. The van der Waals surface area contributed by atoms with Gasteiger partial charge in [0.2, 0.25) is 0 Å². The van der Waals surface area contributed by atoms with Gasteiger partial charge in [-0.05, 0) is 44.4 Å². The van der Waals surface area contributed by atoms with Gasteiger partial charge in [0.25, 0.3) is 0 Å². The van der Waals surface area contributed by atoms with Gasteiger partial charge in [-0.25, -0.2) is 0 Å². The van der Waals surface area contributed by atoms with Crippen LogP contribution in [0.25, 0.3) is 0 Å². The summed E-state index contributed by atoms with van der Waals surface area (Å²) >= 11 is 8.16. The summed E-state index contributed by atoms with van der Waals surface area (Å²) in [4.78, 5) is 1.22. The van der Waals surface area contributed by atoms with Crippen molar-refractivity contribution >= 4 is 23.4 Å². The van der Waals surface area contributed by atoms with Crippen LogP contribution in [0.2, 0.25) is 5.02 Å². The summed E-state index contributed by atoms with van der Waals surface area (Å²) in [7, 11) is 0. The lowest BCUT2D eigenvalue weighted by molar-refractivity contribution is 0.127. The molecule has 0 aromatic heterocycles. The van der Waals surface area contributed by atoms with E-state index >= 15 is 0 Å². The van der Waals surface area contributed by atoms with E-state index in [9.17, 15) is 0 Å². The van der Waals surface area contributed by atoms with Crippen LogP contribution < -0.4 is 5.73 Å². The minimum absolute atomic E-state index is 0.143. The highest BCUT2D eigenvalue weighted by atomic mass is 35.5. The largest absolute Gasteiger partial charge is 0.377 e. The molecule has 2 N–H and O–H groups in total. The van der Waals surface area contributed by atoms with Gasteiger partial charge in [-0.15, -0.1) is 11.8 Å². The maximum absolute atomic E-state index is 6.30. The van der Waals surface area contributed by atoms with Crippen LogP contribution in [0.5, 0.6) is 0 Å². The number of hydrogen-bond acceptors (Lipinski definition) is 3. The van der Waals surface area contributed by atoms with Crippen LogP contribution in [0.15, 0.2) is 23.1 Å². The lowest BCUT2D eigenvalue weighted by atomic mass is 10.1. The zero-order valence-corrected chi connectivity index (χ0v) is 12.4. The minimum Gasteiger partial charge on any atom is -0.377 e. The molecule has 1 aliphatic heterocycles. The van der Waals surface area contributed by atoms with Gasteiger partial charge < -0.3 is 10.5 Å². The first-order chi connectivity index (χ1) is 8.56. The van der Waals surface area contributed by atoms with E-state index in [0.717, 1.165) is 30.0 Å². The average Bonchev–Trinajstić information content (AvgIpc) is 2.68. The number of benzene rings is 1. The molecule has 0 bridgehead atoms. The third-order valence-electron chi connectivity index (χ3n) is 3.16. The van der Waals surface area contributed by atoms with Gasteiger partial charge in [0, 0.05) is 27.8 Å². The molecule has 1 heterocycles. The summed E-state index contributed by atoms with van der Waals surface area (Å²) in [6.45, 7) is 5.00. The Morgan fingerprint density at radius 3 is 2.89 bits per heavy atom. The van der Waals surface area contributed by atoms with E-state index in [2.05, 4.69) is 25.1 Å². The average molecular weight is 286 g/mol. The predicted octanol–water partition coefficient (Wildman–Crippen LogP) is 3.50. The zero-order valence-electron chi connectivity index (χ0n) is 10.9. The molecule has 1 fully saturated rings. The number of hydrogen-bond donors (Lipinski definition) is 1. The van der Waals surface area contributed by atoms with Crippen molar-refractivity contribution in [3.05, 3.63) is 28.8 Å². The summed E-state index contributed by atoms with van der Waals surface area (Å²) in [5.74, 6) is 0. The number of nitrogens with two attached hydrogens (primary N) is 1. The van der Waals surface area contributed by atoms with Crippen molar-refractivity contribution in [2.75, 3.05) is 6.61 Å². The predicted molar refractivity (Wildman–Crippen MR) is 78.5 cm³/mol. The first-order valence-electron chi connectivity index (χ1n) is 6.38. The van der Waals surface area contributed by atoms with Crippen molar-refractivity contribution in [1.82, 2.24) is 0 Å². The van der Waals surface area contributed by atoms with E-state index in [1.807, 2.05) is 18.7 Å². The second kappa shape index (κ2) is 6.29. The number of rotatable bonds is 4. The van der Waals surface area contributed by atoms with Gasteiger partial charge in [0.15, 0.2) is 0 Å². The van der Waals surface area contributed by atoms with E-state index < -0.39 is 0 Å². The lowest BCUT2D eigenvalue weighted by Gasteiger charge is -2.14. The fraction of sp³-hybridized carbons (Fsp3) is 0.571. The fourth-order valence-corrected chi connectivity index (χ4v) is 3.64. The highest BCUT2D eigenvalue weighted by molar-refractivity contribution is 8.00. The molecule has 4 heteroatoms. The first kappa shape index (κ1) is 14.2. The number of halogens is 1. The van der Waals surface area contributed by atoms with Crippen molar-refractivity contribution in [2.24, 2.45) is 5.73 Å². The highest BCUT2D eigenvalue weighted by Crippen LogP contribution is 2.34. The Morgan fingerprint density at radius 2 is 2.33 bits per heavy atom. The summed E-state index contributed by atoms with van der Waals surface area (Å²) in [6, 6.07) is 6.42. The second-order valence-corrected chi connectivity index (χ2v) is 6.68. The van der Waals surface area contributed by atoms with Crippen LogP contribution >= 0.6 is 23.4 Å². The molecular formula is C14H20ClNOS. The molecule has 2 nitrogen and oxygen atoms in total. The molecule has 2 rings (SSSR count). The number of thioether (sulfide) groups is 1. The van der Waals surface area contributed by atoms with Gasteiger partial charge in [-0.2, -0.15) is 0 Å². The van der Waals surface area contributed by atoms with Crippen LogP contribution in [0.1, 0.15) is 25.8 Å². The molecule has 3 unspecified atom stereocenters.